The van der Waals surface area contributed by atoms with Gasteiger partial charge in [0, 0.05) is 0 Å². The number of benzene rings is 3. The van der Waals surface area contributed by atoms with Gasteiger partial charge >= 0.3 is 0 Å². The van der Waals surface area contributed by atoms with Gasteiger partial charge in [0.05, 0.1) is 5.69 Å². The van der Waals surface area contributed by atoms with Crippen LogP contribution in [-0.4, -0.2) is 0 Å². The summed E-state index contributed by atoms with van der Waals surface area (Å²) in [6.45, 7) is 2.60. The van der Waals surface area contributed by atoms with E-state index in [1.807, 2.05) is 48.5 Å². The molecule has 0 atom stereocenters. The van der Waals surface area contributed by atoms with Crippen molar-refractivity contribution in [2.45, 2.75) is 13.5 Å². The monoisotopic (exact) mass is 289 g/mol. The first-order valence-corrected chi connectivity index (χ1v) is 7.36. The maximum Gasteiger partial charge on any atom is 0.143 e. The fourth-order valence-corrected chi connectivity index (χ4v) is 2.32. The van der Waals surface area contributed by atoms with Crippen LogP contribution in [0.1, 0.15) is 11.1 Å². The number of hydrogen-bond acceptors (Lipinski definition) is 2. The van der Waals surface area contributed by atoms with Crippen LogP contribution in [0, 0.1) is 6.92 Å². The standard InChI is InChI=1S/C20H19NO/c1-15-7-9-17(10-8-15)18-11-12-19(21)20(13-18)22-14-16-5-3-2-4-6-16/h2-13H,14,21H2,1H3. The van der Waals surface area contributed by atoms with Crippen molar-refractivity contribution in [2.24, 2.45) is 0 Å². The average Bonchev–Trinajstić information content (AvgIpc) is 2.56. The molecule has 2 N–H and O–H groups in total. The summed E-state index contributed by atoms with van der Waals surface area (Å²) in [6, 6.07) is 24.5. The van der Waals surface area contributed by atoms with Crippen LogP contribution in [0.15, 0.2) is 72.8 Å². The maximum absolute atomic E-state index is 6.03. The highest BCUT2D eigenvalue weighted by atomic mass is 16.5. The molecule has 0 aliphatic heterocycles. The molecule has 0 fully saturated rings. The molecule has 3 aromatic carbocycles. The molecule has 22 heavy (non-hydrogen) atoms. The Morgan fingerprint density at radius 1 is 0.818 bits per heavy atom. The van der Waals surface area contributed by atoms with E-state index in [0.29, 0.717) is 12.3 Å². The molecule has 3 rings (SSSR count). The highest BCUT2D eigenvalue weighted by Crippen LogP contribution is 2.29. The zero-order valence-corrected chi connectivity index (χ0v) is 12.6. The van der Waals surface area contributed by atoms with E-state index >= 15 is 0 Å². The largest absolute Gasteiger partial charge is 0.487 e. The van der Waals surface area contributed by atoms with Gasteiger partial charge in [0.15, 0.2) is 0 Å². The molecule has 110 valence electrons. The van der Waals surface area contributed by atoms with Crippen LogP contribution in [0.3, 0.4) is 0 Å². The first-order chi connectivity index (χ1) is 10.7. The van der Waals surface area contributed by atoms with Crippen molar-refractivity contribution < 1.29 is 4.74 Å². The first kappa shape index (κ1) is 14.2. The summed E-state index contributed by atoms with van der Waals surface area (Å²) < 4.78 is 5.88. The SMILES string of the molecule is Cc1ccc(-c2ccc(N)c(OCc3ccccc3)c2)cc1. The summed E-state index contributed by atoms with van der Waals surface area (Å²) >= 11 is 0. The topological polar surface area (TPSA) is 35.2 Å². The van der Waals surface area contributed by atoms with E-state index in [-0.39, 0.29) is 0 Å². The lowest BCUT2D eigenvalue weighted by molar-refractivity contribution is 0.308. The molecule has 0 unspecified atom stereocenters. The van der Waals surface area contributed by atoms with Crippen LogP contribution in [-0.2, 0) is 6.61 Å². The minimum atomic E-state index is 0.516. The summed E-state index contributed by atoms with van der Waals surface area (Å²) in [5.41, 5.74) is 11.3. The molecular weight excluding hydrogens is 270 g/mol. The highest BCUT2D eigenvalue weighted by molar-refractivity contribution is 5.70. The molecular formula is C20H19NO. The van der Waals surface area contributed by atoms with Crippen LogP contribution in [0.5, 0.6) is 5.75 Å². The second-order valence-corrected chi connectivity index (χ2v) is 5.39. The predicted octanol–water partition coefficient (Wildman–Crippen LogP) is 4.82. The van der Waals surface area contributed by atoms with Crippen molar-refractivity contribution in [3.63, 3.8) is 0 Å². The Kier molecular flexibility index (Phi) is 4.10. The van der Waals surface area contributed by atoms with Gasteiger partial charge in [0.2, 0.25) is 0 Å². The molecule has 2 nitrogen and oxygen atoms in total. The molecule has 0 heterocycles. The highest BCUT2D eigenvalue weighted by Gasteiger charge is 2.05. The van der Waals surface area contributed by atoms with Crippen LogP contribution in [0.4, 0.5) is 5.69 Å². The number of nitrogen functional groups attached to an aromatic ring is 1. The number of hydrogen-bond donors (Lipinski definition) is 1. The Labute approximate surface area is 131 Å². The van der Waals surface area contributed by atoms with E-state index in [9.17, 15) is 0 Å². The second-order valence-electron chi connectivity index (χ2n) is 5.39. The summed E-state index contributed by atoms with van der Waals surface area (Å²) in [5.74, 6) is 0.724. The van der Waals surface area contributed by atoms with Gasteiger partial charge in [0.25, 0.3) is 0 Å². The third-order valence-electron chi connectivity index (χ3n) is 3.64. The lowest BCUT2D eigenvalue weighted by Gasteiger charge is -2.11. The lowest BCUT2D eigenvalue weighted by Crippen LogP contribution is -1.99. The van der Waals surface area contributed by atoms with Gasteiger partial charge in [-0.3, -0.25) is 0 Å². The number of ether oxygens (including phenoxy) is 1. The predicted molar refractivity (Wildman–Crippen MR) is 91.8 cm³/mol. The average molecular weight is 289 g/mol. The molecule has 0 bridgehead atoms. The second kappa shape index (κ2) is 6.35. The quantitative estimate of drug-likeness (QED) is 0.699. The van der Waals surface area contributed by atoms with Crippen molar-refractivity contribution in [3.05, 3.63) is 83.9 Å². The number of nitrogens with two attached hydrogens (primary N) is 1. The fraction of sp³-hybridized carbons (Fsp3) is 0.100. The van der Waals surface area contributed by atoms with Gasteiger partial charge in [-0.15, -0.1) is 0 Å². The van der Waals surface area contributed by atoms with Gasteiger partial charge in [0.1, 0.15) is 12.4 Å². The Morgan fingerprint density at radius 3 is 2.23 bits per heavy atom. The molecule has 3 aromatic rings. The summed E-state index contributed by atoms with van der Waals surface area (Å²) in [4.78, 5) is 0. The summed E-state index contributed by atoms with van der Waals surface area (Å²) in [7, 11) is 0. The van der Waals surface area contributed by atoms with E-state index in [0.717, 1.165) is 22.4 Å². The van der Waals surface area contributed by atoms with Crippen molar-refractivity contribution in [3.8, 4) is 16.9 Å². The molecule has 0 aliphatic carbocycles. The van der Waals surface area contributed by atoms with Crippen molar-refractivity contribution in [2.75, 3.05) is 5.73 Å². The third kappa shape index (κ3) is 3.29. The first-order valence-electron chi connectivity index (χ1n) is 7.36. The number of rotatable bonds is 4. The van der Waals surface area contributed by atoms with E-state index in [1.165, 1.54) is 5.56 Å². The molecule has 0 radical (unpaired) electrons. The van der Waals surface area contributed by atoms with Gasteiger partial charge < -0.3 is 10.5 Å². The van der Waals surface area contributed by atoms with Crippen molar-refractivity contribution >= 4 is 5.69 Å². The fourth-order valence-electron chi connectivity index (χ4n) is 2.32. The molecule has 0 saturated heterocycles. The lowest BCUT2D eigenvalue weighted by atomic mass is 10.0. The van der Waals surface area contributed by atoms with Crippen molar-refractivity contribution in [1.29, 1.82) is 0 Å². The van der Waals surface area contributed by atoms with Crippen LogP contribution in [0.2, 0.25) is 0 Å². The Hall–Kier alpha value is -2.74. The molecule has 0 spiro atoms. The van der Waals surface area contributed by atoms with Gasteiger partial charge in [-0.2, -0.15) is 0 Å². The molecule has 0 aromatic heterocycles. The molecule has 0 saturated carbocycles. The van der Waals surface area contributed by atoms with Gasteiger partial charge in [-0.1, -0.05) is 66.2 Å². The molecule has 2 heteroatoms. The number of aryl methyl sites for hydroxylation is 1. The molecule has 0 aliphatic rings. The third-order valence-corrected chi connectivity index (χ3v) is 3.64. The Morgan fingerprint density at radius 2 is 1.50 bits per heavy atom. The van der Waals surface area contributed by atoms with Crippen molar-refractivity contribution in [1.82, 2.24) is 0 Å². The number of anilines is 1. The van der Waals surface area contributed by atoms with Gasteiger partial charge in [-0.25, -0.2) is 0 Å². The van der Waals surface area contributed by atoms with E-state index < -0.39 is 0 Å². The smallest absolute Gasteiger partial charge is 0.143 e. The zero-order valence-electron chi connectivity index (χ0n) is 12.6. The maximum atomic E-state index is 6.03. The van der Waals surface area contributed by atoms with E-state index in [4.69, 9.17) is 10.5 Å². The minimum absolute atomic E-state index is 0.516. The van der Waals surface area contributed by atoms with Crippen LogP contribution < -0.4 is 10.5 Å². The van der Waals surface area contributed by atoms with Gasteiger partial charge in [-0.05, 0) is 35.7 Å². The summed E-state index contributed by atoms with van der Waals surface area (Å²) in [6.07, 6.45) is 0. The van der Waals surface area contributed by atoms with Crippen LogP contribution >= 0.6 is 0 Å². The van der Waals surface area contributed by atoms with Crippen LogP contribution in [0.25, 0.3) is 11.1 Å². The normalized spacial score (nSPS) is 10.4. The zero-order chi connectivity index (χ0) is 15.4. The van der Waals surface area contributed by atoms with E-state index in [1.54, 1.807) is 0 Å². The minimum Gasteiger partial charge on any atom is -0.487 e. The molecule has 0 amide bonds. The van der Waals surface area contributed by atoms with E-state index in [2.05, 4.69) is 31.2 Å². The Balaban J connectivity index is 1.82. The summed E-state index contributed by atoms with van der Waals surface area (Å²) in [5, 5.41) is 0. The Bertz CT molecular complexity index is 748.